The van der Waals surface area contributed by atoms with Gasteiger partial charge in [0.05, 0.1) is 12.8 Å². The molecule has 0 aliphatic heterocycles. The molecule has 2 rings (SSSR count). The Morgan fingerprint density at radius 3 is 2.95 bits per heavy atom. The number of amides is 1. The van der Waals surface area contributed by atoms with Gasteiger partial charge >= 0.3 is 0 Å². The monoisotopic (exact) mass is 266 g/mol. The summed E-state index contributed by atoms with van der Waals surface area (Å²) >= 11 is 0. The topological polar surface area (TPSA) is 64.3 Å². The van der Waals surface area contributed by atoms with Gasteiger partial charge in [0.15, 0.2) is 0 Å². The van der Waals surface area contributed by atoms with Crippen molar-refractivity contribution < 1.29 is 13.9 Å². The lowest BCUT2D eigenvalue weighted by Crippen LogP contribution is -2.34. The van der Waals surface area contributed by atoms with Crippen molar-refractivity contribution in [3.05, 3.63) is 24.0 Å². The fourth-order valence-electron chi connectivity index (χ4n) is 2.43. The van der Waals surface area contributed by atoms with Gasteiger partial charge in [-0.1, -0.05) is 6.42 Å². The minimum absolute atomic E-state index is 0.0691. The van der Waals surface area contributed by atoms with Crippen molar-refractivity contribution >= 4 is 11.6 Å². The van der Waals surface area contributed by atoms with Gasteiger partial charge in [0.1, 0.15) is 11.6 Å². The molecule has 0 radical (unpaired) electrons. The molecule has 1 aromatic rings. The highest BCUT2D eigenvalue weighted by atomic mass is 19.1. The van der Waals surface area contributed by atoms with Crippen LogP contribution in [0.2, 0.25) is 0 Å². The lowest BCUT2D eigenvalue weighted by molar-refractivity contribution is -0.120. The first-order valence-electron chi connectivity index (χ1n) is 6.50. The van der Waals surface area contributed by atoms with E-state index in [1.54, 1.807) is 0 Å². The third kappa shape index (κ3) is 3.44. The first-order chi connectivity index (χ1) is 9.10. The van der Waals surface area contributed by atoms with Crippen LogP contribution in [0.4, 0.5) is 10.1 Å². The van der Waals surface area contributed by atoms with Gasteiger partial charge in [0.25, 0.3) is 0 Å². The van der Waals surface area contributed by atoms with Crippen molar-refractivity contribution in [1.29, 1.82) is 0 Å². The van der Waals surface area contributed by atoms with Gasteiger partial charge in [-0.05, 0) is 31.4 Å². The Kier molecular flexibility index (Phi) is 4.37. The van der Waals surface area contributed by atoms with Crippen LogP contribution in [0.1, 0.15) is 25.7 Å². The van der Waals surface area contributed by atoms with Crippen molar-refractivity contribution in [3.8, 4) is 5.75 Å². The zero-order valence-electron chi connectivity index (χ0n) is 11.0. The summed E-state index contributed by atoms with van der Waals surface area (Å²) < 4.78 is 18.6. The standard InChI is InChI=1S/C14H19FN2O2/c1-19-11-5-6-12(15)13(8-11)17-14(18)9-3-2-4-10(16)7-9/h5-6,8-10H,2-4,7,16H2,1H3,(H,17,18). The number of anilines is 1. The first-order valence-corrected chi connectivity index (χ1v) is 6.50. The van der Waals surface area contributed by atoms with Crippen LogP contribution in [0.15, 0.2) is 18.2 Å². The number of rotatable bonds is 3. The van der Waals surface area contributed by atoms with Gasteiger partial charge in [0, 0.05) is 18.0 Å². The van der Waals surface area contributed by atoms with Crippen LogP contribution in [-0.2, 0) is 4.79 Å². The van der Waals surface area contributed by atoms with Crippen LogP contribution < -0.4 is 15.8 Å². The molecule has 5 heteroatoms. The van der Waals surface area contributed by atoms with Gasteiger partial charge in [-0.25, -0.2) is 4.39 Å². The normalized spacial score (nSPS) is 22.9. The zero-order chi connectivity index (χ0) is 13.8. The molecule has 2 atom stereocenters. The number of carbonyl (C=O) groups excluding carboxylic acids is 1. The lowest BCUT2D eigenvalue weighted by atomic mass is 9.85. The van der Waals surface area contributed by atoms with E-state index >= 15 is 0 Å². The van der Waals surface area contributed by atoms with Crippen molar-refractivity contribution in [2.75, 3.05) is 12.4 Å². The third-order valence-electron chi connectivity index (χ3n) is 3.52. The highest BCUT2D eigenvalue weighted by Gasteiger charge is 2.25. The second-order valence-corrected chi connectivity index (χ2v) is 4.96. The molecule has 0 bridgehead atoms. The molecule has 4 nitrogen and oxygen atoms in total. The van der Waals surface area contributed by atoms with Crippen LogP contribution in [0.3, 0.4) is 0 Å². The Balaban J connectivity index is 2.05. The zero-order valence-corrected chi connectivity index (χ0v) is 11.0. The molecule has 1 amide bonds. The minimum Gasteiger partial charge on any atom is -0.497 e. The van der Waals surface area contributed by atoms with E-state index < -0.39 is 5.82 Å². The van der Waals surface area contributed by atoms with Crippen LogP contribution in [0.5, 0.6) is 5.75 Å². The Hall–Kier alpha value is -1.62. The summed E-state index contributed by atoms with van der Waals surface area (Å²) in [6.07, 6.45) is 3.37. The lowest BCUT2D eigenvalue weighted by Gasteiger charge is -2.25. The number of benzene rings is 1. The molecule has 19 heavy (non-hydrogen) atoms. The minimum atomic E-state index is -0.464. The Labute approximate surface area is 112 Å². The molecule has 0 spiro atoms. The Morgan fingerprint density at radius 1 is 1.47 bits per heavy atom. The Morgan fingerprint density at radius 2 is 2.26 bits per heavy atom. The summed E-state index contributed by atoms with van der Waals surface area (Å²) in [5.74, 6) is -0.247. The number of halogens is 1. The van der Waals surface area contributed by atoms with E-state index in [1.807, 2.05) is 0 Å². The highest BCUT2D eigenvalue weighted by Crippen LogP contribution is 2.26. The average molecular weight is 266 g/mol. The number of nitrogens with one attached hydrogen (secondary N) is 1. The molecule has 1 aliphatic carbocycles. The fraction of sp³-hybridized carbons (Fsp3) is 0.500. The molecule has 1 aliphatic rings. The van der Waals surface area contributed by atoms with Crippen molar-refractivity contribution in [1.82, 2.24) is 0 Å². The first kappa shape index (κ1) is 13.8. The van der Waals surface area contributed by atoms with E-state index in [4.69, 9.17) is 10.5 Å². The highest BCUT2D eigenvalue weighted by molar-refractivity contribution is 5.92. The molecule has 1 saturated carbocycles. The number of carbonyl (C=O) groups is 1. The summed E-state index contributed by atoms with van der Waals surface area (Å²) in [6, 6.07) is 4.35. The molecule has 2 unspecified atom stereocenters. The van der Waals surface area contributed by atoms with E-state index in [0.29, 0.717) is 12.2 Å². The molecular formula is C14H19FN2O2. The smallest absolute Gasteiger partial charge is 0.227 e. The maximum atomic E-state index is 13.6. The van der Waals surface area contributed by atoms with E-state index in [2.05, 4.69) is 5.32 Å². The second-order valence-electron chi connectivity index (χ2n) is 4.96. The summed E-state index contributed by atoms with van der Waals surface area (Å²) in [7, 11) is 1.50. The third-order valence-corrected chi connectivity index (χ3v) is 3.52. The van der Waals surface area contributed by atoms with Gasteiger partial charge in [-0.2, -0.15) is 0 Å². The predicted octanol–water partition coefficient (Wildman–Crippen LogP) is 2.29. The summed E-state index contributed by atoms with van der Waals surface area (Å²) in [6.45, 7) is 0. The molecule has 0 aromatic heterocycles. The van der Waals surface area contributed by atoms with E-state index in [0.717, 1.165) is 19.3 Å². The van der Waals surface area contributed by atoms with Crippen LogP contribution in [-0.4, -0.2) is 19.1 Å². The van der Waals surface area contributed by atoms with Gasteiger partial charge < -0.3 is 15.8 Å². The second kappa shape index (κ2) is 6.02. The fourth-order valence-corrected chi connectivity index (χ4v) is 2.43. The van der Waals surface area contributed by atoms with Crippen LogP contribution in [0, 0.1) is 11.7 Å². The quantitative estimate of drug-likeness (QED) is 0.882. The van der Waals surface area contributed by atoms with Gasteiger partial charge in [0.2, 0.25) is 5.91 Å². The SMILES string of the molecule is COc1ccc(F)c(NC(=O)C2CCCC(N)C2)c1. The molecular weight excluding hydrogens is 247 g/mol. The van der Waals surface area contributed by atoms with Gasteiger partial charge in [-0.3, -0.25) is 4.79 Å². The number of hydrogen-bond acceptors (Lipinski definition) is 3. The molecule has 0 saturated heterocycles. The molecule has 3 N–H and O–H groups in total. The number of nitrogens with two attached hydrogens (primary N) is 1. The van der Waals surface area contributed by atoms with Crippen molar-refractivity contribution in [3.63, 3.8) is 0 Å². The molecule has 0 heterocycles. The molecule has 1 fully saturated rings. The van der Waals surface area contributed by atoms with Crippen LogP contribution >= 0.6 is 0 Å². The average Bonchev–Trinajstić information content (AvgIpc) is 2.41. The maximum Gasteiger partial charge on any atom is 0.227 e. The number of hydrogen-bond donors (Lipinski definition) is 2. The van der Waals surface area contributed by atoms with Crippen LogP contribution in [0.25, 0.3) is 0 Å². The number of ether oxygens (including phenoxy) is 1. The summed E-state index contributed by atoms with van der Waals surface area (Å²) in [5.41, 5.74) is 6.01. The van der Waals surface area contributed by atoms with E-state index in [-0.39, 0.29) is 23.6 Å². The van der Waals surface area contributed by atoms with E-state index in [1.165, 1.54) is 25.3 Å². The maximum absolute atomic E-state index is 13.6. The predicted molar refractivity (Wildman–Crippen MR) is 71.5 cm³/mol. The molecule has 104 valence electrons. The summed E-state index contributed by atoms with van der Waals surface area (Å²) in [4.78, 5) is 12.1. The van der Waals surface area contributed by atoms with Crippen molar-refractivity contribution in [2.24, 2.45) is 11.7 Å². The summed E-state index contributed by atoms with van der Waals surface area (Å²) in [5, 5.41) is 2.63. The van der Waals surface area contributed by atoms with Crippen molar-refractivity contribution in [2.45, 2.75) is 31.7 Å². The van der Waals surface area contributed by atoms with Gasteiger partial charge in [-0.15, -0.1) is 0 Å². The Bertz CT molecular complexity index is 465. The molecule has 1 aromatic carbocycles. The largest absolute Gasteiger partial charge is 0.497 e. The number of methoxy groups -OCH3 is 1. The van der Waals surface area contributed by atoms with E-state index in [9.17, 15) is 9.18 Å².